The second kappa shape index (κ2) is 31.8. The highest BCUT2D eigenvalue weighted by molar-refractivity contribution is 7.93. The topological polar surface area (TPSA) is 120 Å². The molecule has 0 atom stereocenters. The van der Waals surface area contributed by atoms with Gasteiger partial charge >= 0.3 is 0 Å². The van der Waals surface area contributed by atoms with Crippen molar-refractivity contribution >= 4 is 31.4 Å². The normalized spacial score (nSPS) is 11.5. The number of benzene rings is 4. The lowest BCUT2D eigenvalue weighted by Gasteiger charge is -2.18. The molecule has 0 spiro atoms. The molecule has 0 bridgehead atoms. The summed E-state index contributed by atoms with van der Waals surface area (Å²) in [6, 6.07) is 25.5. The minimum Gasteiger partial charge on any atom is -0.494 e. The van der Waals surface area contributed by atoms with E-state index in [-0.39, 0.29) is 9.79 Å². The van der Waals surface area contributed by atoms with Gasteiger partial charge in [-0.2, -0.15) is 0 Å². The number of nitrogens with one attached hydrogen (secondary N) is 2. The highest BCUT2D eigenvalue weighted by Crippen LogP contribution is 2.36. The summed E-state index contributed by atoms with van der Waals surface area (Å²) in [7, 11) is -7.96. The lowest BCUT2D eigenvalue weighted by molar-refractivity contribution is 0.162. The zero-order valence-corrected chi connectivity index (χ0v) is 41.4. The van der Waals surface area contributed by atoms with Gasteiger partial charge in [0.1, 0.15) is 11.5 Å². The molecule has 4 rings (SSSR count). The van der Waals surface area contributed by atoms with E-state index in [1.807, 2.05) is 44.2 Å². The number of aryl methyl sites for hydroxylation is 1. The highest BCUT2D eigenvalue weighted by atomic mass is 32.2. The van der Waals surface area contributed by atoms with E-state index in [4.69, 9.17) is 14.2 Å². The molecule has 0 aliphatic carbocycles. The number of hydrogen-bond acceptors (Lipinski definition) is 7. The second-order valence-corrected chi connectivity index (χ2v) is 19.9. The van der Waals surface area contributed by atoms with Gasteiger partial charge in [-0.3, -0.25) is 9.44 Å². The predicted molar refractivity (Wildman–Crippen MR) is 268 cm³/mol. The number of anilines is 2. The van der Waals surface area contributed by atoms with Crippen LogP contribution in [0.15, 0.2) is 101 Å². The molecule has 0 aromatic heterocycles. The van der Waals surface area contributed by atoms with Crippen molar-refractivity contribution in [3.05, 3.63) is 96.6 Å². The number of unbranched alkanes of at least 4 members (excludes halogenated alkanes) is 18. The van der Waals surface area contributed by atoms with Gasteiger partial charge < -0.3 is 14.2 Å². The van der Waals surface area contributed by atoms with Crippen LogP contribution in [0.3, 0.4) is 0 Å². The highest BCUT2D eigenvalue weighted by Gasteiger charge is 2.21. The number of ether oxygens (including phenoxy) is 3. The fourth-order valence-corrected chi connectivity index (χ4v) is 9.55. The van der Waals surface area contributed by atoms with E-state index >= 15 is 0 Å². The maximum absolute atomic E-state index is 13.7. The third-order valence-electron chi connectivity index (χ3n) is 11.1. The smallest absolute Gasteiger partial charge is 0.261 e. The number of sulfonamides is 2. The third-order valence-corrected chi connectivity index (χ3v) is 13.9. The molecular formula is C53H80N2O7S2. The van der Waals surface area contributed by atoms with Gasteiger partial charge in [0.2, 0.25) is 0 Å². The van der Waals surface area contributed by atoms with Crippen LogP contribution in [-0.4, -0.2) is 43.3 Å². The first-order valence-electron chi connectivity index (χ1n) is 24.3. The molecule has 4 aromatic carbocycles. The van der Waals surface area contributed by atoms with Crippen LogP contribution in [0.2, 0.25) is 0 Å². The summed E-state index contributed by atoms with van der Waals surface area (Å²) in [5, 5.41) is 0. The molecule has 0 fully saturated rings. The molecular weight excluding hydrogens is 841 g/mol. The SMILES string of the molecule is CCCCCCCCCCCCOc1ccc(S(=O)(=O)Nc2cc(-c3ccccc3)c(NS(=O)(=O)c3ccc(OCCCCCCCCCCCC)cc3)cc2C)cc1.CCOCC. The monoisotopic (exact) mass is 921 g/mol. The van der Waals surface area contributed by atoms with Crippen LogP contribution in [0.25, 0.3) is 11.1 Å². The zero-order valence-electron chi connectivity index (χ0n) is 39.8. The average Bonchev–Trinajstić information content (AvgIpc) is 3.29. The van der Waals surface area contributed by atoms with Gasteiger partial charge in [-0.05, 0) is 105 Å². The summed E-state index contributed by atoms with van der Waals surface area (Å²) in [5.41, 5.74) is 2.49. The van der Waals surface area contributed by atoms with Crippen LogP contribution in [-0.2, 0) is 24.8 Å². The fourth-order valence-electron chi connectivity index (χ4n) is 7.36. The van der Waals surface area contributed by atoms with Crippen molar-refractivity contribution in [1.29, 1.82) is 0 Å². The van der Waals surface area contributed by atoms with Crippen molar-refractivity contribution in [1.82, 2.24) is 0 Å². The second-order valence-electron chi connectivity index (χ2n) is 16.6. The minimum atomic E-state index is -3.99. The van der Waals surface area contributed by atoms with Crippen molar-refractivity contribution in [2.45, 2.75) is 173 Å². The van der Waals surface area contributed by atoms with Crippen LogP contribution >= 0.6 is 0 Å². The van der Waals surface area contributed by atoms with Gasteiger partial charge in [-0.15, -0.1) is 0 Å². The van der Waals surface area contributed by atoms with Crippen molar-refractivity contribution in [3.8, 4) is 22.6 Å². The van der Waals surface area contributed by atoms with Gasteiger partial charge in [0.05, 0.1) is 34.4 Å². The Morgan fingerprint density at radius 1 is 0.438 bits per heavy atom. The number of hydrogen-bond donors (Lipinski definition) is 2. The quantitative estimate of drug-likeness (QED) is 0.0457. The van der Waals surface area contributed by atoms with Gasteiger partial charge in [0.15, 0.2) is 0 Å². The summed E-state index contributed by atoms with van der Waals surface area (Å²) >= 11 is 0. The van der Waals surface area contributed by atoms with E-state index in [0.29, 0.717) is 47.2 Å². The first-order valence-corrected chi connectivity index (χ1v) is 27.3. The Labute approximate surface area is 388 Å². The van der Waals surface area contributed by atoms with E-state index in [0.717, 1.165) is 44.5 Å². The molecule has 0 amide bonds. The summed E-state index contributed by atoms with van der Waals surface area (Å²) in [6.07, 6.45) is 25.0. The van der Waals surface area contributed by atoms with E-state index in [9.17, 15) is 16.8 Å². The molecule has 64 heavy (non-hydrogen) atoms. The first-order chi connectivity index (χ1) is 31.0. The summed E-state index contributed by atoms with van der Waals surface area (Å²) in [5.74, 6) is 1.26. The molecule has 356 valence electrons. The molecule has 2 N–H and O–H groups in total. The molecule has 11 heteroatoms. The number of rotatable bonds is 33. The van der Waals surface area contributed by atoms with Crippen LogP contribution < -0.4 is 18.9 Å². The first kappa shape index (κ1) is 54.3. The molecule has 0 radical (unpaired) electrons. The van der Waals surface area contributed by atoms with E-state index in [1.165, 1.54) is 103 Å². The summed E-state index contributed by atoms with van der Waals surface area (Å²) < 4.78 is 76.7. The molecule has 0 unspecified atom stereocenters. The summed E-state index contributed by atoms with van der Waals surface area (Å²) in [4.78, 5) is 0.200. The third kappa shape index (κ3) is 21.3. The van der Waals surface area contributed by atoms with Crippen LogP contribution in [0.1, 0.15) is 162 Å². The Balaban J connectivity index is 0.00000206. The van der Waals surface area contributed by atoms with Crippen molar-refractivity contribution in [3.63, 3.8) is 0 Å². The van der Waals surface area contributed by atoms with Gasteiger partial charge in [-0.1, -0.05) is 160 Å². The van der Waals surface area contributed by atoms with Crippen molar-refractivity contribution in [2.75, 3.05) is 35.9 Å². The predicted octanol–water partition coefficient (Wildman–Crippen LogP) is 14.9. The summed E-state index contributed by atoms with van der Waals surface area (Å²) in [6.45, 7) is 13.1. The van der Waals surface area contributed by atoms with Gasteiger partial charge in [0.25, 0.3) is 20.0 Å². The zero-order chi connectivity index (χ0) is 46.3. The minimum absolute atomic E-state index is 0.0983. The Morgan fingerprint density at radius 2 is 0.812 bits per heavy atom. The Bertz CT molecular complexity index is 2040. The Morgan fingerprint density at radius 3 is 1.19 bits per heavy atom. The lowest BCUT2D eigenvalue weighted by Crippen LogP contribution is -2.16. The van der Waals surface area contributed by atoms with Gasteiger partial charge in [-0.25, -0.2) is 16.8 Å². The molecule has 4 aromatic rings. The fraction of sp³-hybridized carbons (Fsp3) is 0.547. The van der Waals surface area contributed by atoms with Crippen LogP contribution in [0.4, 0.5) is 11.4 Å². The maximum Gasteiger partial charge on any atom is 0.261 e. The van der Waals surface area contributed by atoms with E-state index in [1.54, 1.807) is 67.6 Å². The molecule has 0 saturated carbocycles. The van der Waals surface area contributed by atoms with Crippen LogP contribution in [0, 0.1) is 6.92 Å². The average molecular weight is 921 g/mol. The maximum atomic E-state index is 13.7. The standard InChI is InChI=1S/C49H70N2O6S2.C4H10O/c1-4-6-8-10-12-14-16-18-20-25-37-56-43-29-33-45(34-30-43)58(52,53)50-48-40-47(42-27-23-22-24-28-42)49(39-41(48)3)51-59(54,55)46-35-31-44(32-36-46)57-38-26-21-19-17-15-13-11-9-7-5-2;1-3-5-4-2/h22-24,27-36,39-40,50-51H,4-21,25-26,37-38H2,1-3H3;3-4H2,1-2H3. The van der Waals surface area contributed by atoms with Gasteiger partial charge in [0, 0.05) is 18.8 Å². The van der Waals surface area contributed by atoms with Crippen molar-refractivity contribution < 1.29 is 31.0 Å². The Kier molecular flexibility index (Phi) is 26.9. The molecule has 9 nitrogen and oxygen atoms in total. The molecule has 0 aliphatic heterocycles. The van der Waals surface area contributed by atoms with E-state index < -0.39 is 20.0 Å². The molecule has 0 heterocycles. The lowest BCUT2D eigenvalue weighted by atomic mass is 10.0. The van der Waals surface area contributed by atoms with E-state index in [2.05, 4.69) is 23.3 Å². The molecule has 0 saturated heterocycles. The molecule has 0 aliphatic rings. The largest absolute Gasteiger partial charge is 0.494 e. The Hall–Kier alpha value is -4.06. The van der Waals surface area contributed by atoms with Crippen molar-refractivity contribution in [2.24, 2.45) is 0 Å². The van der Waals surface area contributed by atoms with Crippen LogP contribution in [0.5, 0.6) is 11.5 Å².